The van der Waals surface area contributed by atoms with Crippen molar-refractivity contribution in [2.45, 2.75) is 51.9 Å². The second kappa shape index (κ2) is 7.14. The van der Waals surface area contributed by atoms with Gasteiger partial charge in [0.2, 0.25) is 0 Å². The van der Waals surface area contributed by atoms with Crippen LogP contribution in [0.5, 0.6) is 0 Å². The monoisotopic (exact) mass is 424 g/mol. The molecule has 1 atom stereocenters. The highest BCUT2D eigenvalue weighted by molar-refractivity contribution is 9.10. The maximum atomic E-state index is 6.41. The third-order valence-corrected chi connectivity index (χ3v) is 10.6. The molecule has 4 nitrogen and oxygen atoms in total. The molecule has 6 heteroatoms. The number of fused-ring (bicyclic) bond motifs is 1. The molecule has 1 aliphatic heterocycles. The zero-order valence-corrected chi connectivity index (χ0v) is 18.5. The Morgan fingerprint density at radius 3 is 2.84 bits per heavy atom. The molecule has 0 saturated carbocycles. The Morgan fingerprint density at radius 2 is 2.12 bits per heavy atom. The first kappa shape index (κ1) is 19.1. The molecule has 1 aliphatic rings. The Bertz CT molecular complexity index is 739. The number of likely N-dealkylation sites (tertiary alicyclic amines) is 1. The molecule has 25 heavy (non-hydrogen) atoms. The summed E-state index contributed by atoms with van der Waals surface area (Å²) in [4.78, 5) is 6.86. The van der Waals surface area contributed by atoms with Gasteiger partial charge in [-0.1, -0.05) is 20.8 Å². The number of aromatic nitrogens is 1. The predicted molar refractivity (Wildman–Crippen MR) is 108 cm³/mol. The predicted octanol–water partition coefficient (Wildman–Crippen LogP) is 5.43. The number of rotatable bonds is 5. The molecule has 2 aromatic rings. The standard InChI is InChI=1S/C19H29BrN2O2Si/c1-19(2,3)25(4,5)23-13-14-6-7-22(11-14)12-16-9-17-18(24-16)8-15(20)10-21-17/h8-10,14H,6-7,11-13H2,1-5H3. The summed E-state index contributed by atoms with van der Waals surface area (Å²) < 4.78 is 13.3. The van der Waals surface area contributed by atoms with Crippen LogP contribution in [0.4, 0.5) is 0 Å². The second-order valence-corrected chi connectivity index (χ2v) is 14.4. The van der Waals surface area contributed by atoms with E-state index in [0.717, 1.165) is 47.6 Å². The van der Waals surface area contributed by atoms with Crippen molar-refractivity contribution in [2.24, 2.45) is 5.92 Å². The van der Waals surface area contributed by atoms with Crippen LogP contribution in [0.3, 0.4) is 0 Å². The van der Waals surface area contributed by atoms with Crippen LogP contribution in [0.1, 0.15) is 33.0 Å². The van der Waals surface area contributed by atoms with Crippen molar-refractivity contribution in [3.63, 3.8) is 0 Å². The van der Waals surface area contributed by atoms with Crippen molar-refractivity contribution in [3.8, 4) is 0 Å². The summed E-state index contributed by atoms with van der Waals surface area (Å²) in [5.41, 5.74) is 1.77. The summed E-state index contributed by atoms with van der Waals surface area (Å²) in [5, 5.41) is 0.279. The van der Waals surface area contributed by atoms with Crippen LogP contribution in [0.2, 0.25) is 18.1 Å². The van der Waals surface area contributed by atoms with Gasteiger partial charge in [0.05, 0.1) is 6.54 Å². The van der Waals surface area contributed by atoms with Crippen LogP contribution in [-0.4, -0.2) is 37.9 Å². The van der Waals surface area contributed by atoms with E-state index in [1.807, 2.05) is 12.3 Å². The molecule has 0 N–H and O–H groups in total. The number of nitrogens with zero attached hydrogens (tertiary/aromatic N) is 2. The molecule has 1 fully saturated rings. The lowest BCUT2D eigenvalue weighted by Gasteiger charge is -2.37. The van der Waals surface area contributed by atoms with Gasteiger partial charge in [-0.2, -0.15) is 0 Å². The lowest BCUT2D eigenvalue weighted by atomic mass is 10.1. The first-order valence-electron chi connectivity index (χ1n) is 9.04. The third kappa shape index (κ3) is 4.53. The van der Waals surface area contributed by atoms with E-state index in [0.29, 0.717) is 5.92 Å². The zero-order valence-electron chi connectivity index (χ0n) is 15.9. The molecule has 2 aromatic heterocycles. The van der Waals surface area contributed by atoms with E-state index in [1.165, 1.54) is 6.42 Å². The van der Waals surface area contributed by atoms with Crippen LogP contribution in [0.25, 0.3) is 11.1 Å². The average molecular weight is 425 g/mol. The molecule has 0 spiro atoms. The van der Waals surface area contributed by atoms with Crippen molar-refractivity contribution < 1.29 is 8.84 Å². The number of hydrogen-bond acceptors (Lipinski definition) is 4. The van der Waals surface area contributed by atoms with Gasteiger partial charge in [0.1, 0.15) is 11.3 Å². The number of furan rings is 1. The molecule has 0 aromatic carbocycles. The van der Waals surface area contributed by atoms with Crippen LogP contribution in [0.15, 0.2) is 27.2 Å². The highest BCUT2D eigenvalue weighted by atomic mass is 79.9. The van der Waals surface area contributed by atoms with Crippen molar-refractivity contribution in [1.82, 2.24) is 9.88 Å². The molecule has 0 radical (unpaired) electrons. The van der Waals surface area contributed by atoms with E-state index in [1.54, 1.807) is 0 Å². The maximum absolute atomic E-state index is 6.41. The van der Waals surface area contributed by atoms with Crippen LogP contribution in [-0.2, 0) is 11.0 Å². The van der Waals surface area contributed by atoms with Gasteiger partial charge >= 0.3 is 0 Å². The summed E-state index contributed by atoms with van der Waals surface area (Å²) in [7, 11) is -1.65. The van der Waals surface area contributed by atoms with Crippen LogP contribution >= 0.6 is 15.9 Å². The van der Waals surface area contributed by atoms with Gasteiger partial charge in [0.15, 0.2) is 13.9 Å². The van der Waals surface area contributed by atoms with Crippen molar-refractivity contribution >= 4 is 35.3 Å². The highest BCUT2D eigenvalue weighted by Gasteiger charge is 2.38. The minimum Gasteiger partial charge on any atom is -0.458 e. The summed E-state index contributed by atoms with van der Waals surface area (Å²) >= 11 is 3.44. The van der Waals surface area contributed by atoms with E-state index >= 15 is 0 Å². The minimum atomic E-state index is -1.65. The molecule has 1 unspecified atom stereocenters. The van der Waals surface area contributed by atoms with E-state index in [-0.39, 0.29) is 5.04 Å². The molecular formula is C19H29BrN2O2Si. The third-order valence-electron chi connectivity index (χ3n) is 5.62. The smallest absolute Gasteiger partial charge is 0.191 e. The fourth-order valence-corrected chi connectivity index (χ4v) is 4.37. The van der Waals surface area contributed by atoms with E-state index in [2.05, 4.69) is 65.7 Å². The SMILES string of the molecule is CC(C)(C)[Si](C)(C)OCC1CCN(Cc2cc3ncc(Br)cc3o2)C1. The summed E-state index contributed by atoms with van der Waals surface area (Å²) in [5.74, 6) is 1.62. The fourth-order valence-electron chi connectivity index (χ4n) is 2.98. The van der Waals surface area contributed by atoms with Gasteiger partial charge in [-0.25, -0.2) is 0 Å². The lowest BCUT2D eigenvalue weighted by Crippen LogP contribution is -2.42. The van der Waals surface area contributed by atoms with Crippen molar-refractivity contribution in [2.75, 3.05) is 19.7 Å². The summed E-state index contributed by atoms with van der Waals surface area (Å²) in [6.07, 6.45) is 3.02. The zero-order chi connectivity index (χ0) is 18.2. The normalized spacial score (nSPS) is 19.8. The average Bonchev–Trinajstić information content (AvgIpc) is 3.10. The van der Waals surface area contributed by atoms with Gasteiger partial charge in [-0.05, 0) is 59.0 Å². The number of pyridine rings is 1. The molecule has 0 amide bonds. The molecule has 0 bridgehead atoms. The number of hydrogen-bond donors (Lipinski definition) is 0. The maximum Gasteiger partial charge on any atom is 0.191 e. The van der Waals surface area contributed by atoms with Crippen molar-refractivity contribution in [3.05, 3.63) is 28.6 Å². The first-order chi connectivity index (χ1) is 11.6. The van der Waals surface area contributed by atoms with E-state index in [4.69, 9.17) is 8.84 Å². The molecule has 3 rings (SSSR count). The second-order valence-electron chi connectivity index (χ2n) is 8.71. The van der Waals surface area contributed by atoms with E-state index in [9.17, 15) is 0 Å². The summed E-state index contributed by atoms with van der Waals surface area (Å²) in [6.45, 7) is 15.5. The Morgan fingerprint density at radius 1 is 1.36 bits per heavy atom. The van der Waals surface area contributed by atoms with Gasteiger partial charge < -0.3 is 8.84 Å². The Hall–Kier alpha value is -0.693. The highest BCUT2D eigenvalue weighted by Crippen LogP contribution is 2.37. The van der Waals surface area contributed by atoms with Crippen LogP contribution < -0.4 is 0 Å². The van der Waals surface area contributed by atoms with Gasteiger partial charge in [-0.3, -0.25) is 9.88 Å². The Balaban J connectivity index is 1.54. The van der Waals surface area contributed by atoms with Crippen LogP contribution in [0, 0.1) is 5.92 Å². The van der Waals surface area contributed by atoms with Gasteiger partial charge in [0.25, 0.3) is 0 Å². The minimum absolute atomic E-state index is 0.279. The van der Waals surface area contributed by atoms with Crippen molar-refractivity contribution in [1.29, 1.82) is 0 Å². The van der Waals surface area contributed by atoms with E-state index < -0.39 is 8.32 Å². The Labute approximate surface area is 160 Å². The quantitative estimate of drug-likeness (QED) is 0.599. The van der Waals surface area contributed by atoms with Gasteiger partial charge in [0, 0.05) is 29.9 Å². The Kier molecular flexibility index (Phi) is 5.45. The molecular weight excluding hydrogens is 396 g/mol. The number of halogens is 1. The summed E-state index contributed by atoms with van der Waals surface area (Å²) in [6, 6.07) is 4.03. The molecule has 0 aliphatic carbocycles. The van der Waals surface area contributed by atoms with Gasteiger partial charge in [-0.15, -0.1) is 0 Å². The first-order valence-corrected chi connectivity index (χ1v) is 12.7. The fraction of sp³-hybridized carbons (Fsp3) is 0.632. The lowest BCUT2D eigenvalue weighted by molar-refractivity contribution is 0.218. The topological polar surface area (TPSA) is 38.5 Å². The largest absolute Gasteiger partial charge is 0.458 e. The molecule has 1 saturated heterocycles. The molecule has 3 heterocycles. The molecule has 138 valence electrons.